The normalized spacial score (nSPS) is 11.5. The standard InChI is InChI=1S/C23H24F3N3O2S/c1-2-29(15-20(30)27-17-10-4-3-9-16(17)23(24,25)26)22(31)14-8-7-13-21-28-18-11-5-6-12-19(18)32-21/h3-6,9-12H,2,7-8,13-15H2,1H3,(H,27,30). The van der Waals surface area contributed by atoms with Crippen LogP contribution in [0.25, 0.3) is 10.2 Å². The molecule has 0 fully saturated rings. The Bertz CT molecular complexity index is 1050. The molecule has 0 aliphatic carbocycles. The lowest BCUT2D eigenvalue weighted by Crippen LogP contribution is -2.38. The molecule has 32 heavy (non-hydrogen) atoms. The molecule has 0 saturated carbocycles. The Balaban J connectivity index is 1.47. The van der Waals surface area contributed by atoms with Gasteiger partial charge in [0.1, 0.15) is 0 Å². The molecule has 2 aromatic carbocycles. The minimum absolute atomic E-state index is 0.198. The maximum atomic E-state index is 13.1. The number of benzene rings is 2. The minimum Gasteiger partial charge on any atom is -0.334 e. The van der Waals surface area contributed by atoms with Gasteiger partial charge in [0.15, 0.2) is 0 Å². The molecular formula is C23H24F3N3O2S. The van der Waals surface area contributed by atoms with E-state index in [4.69, 9.17) is 0 Å². The fourth-order valence-corrected chi connectivity index (χ4v) is 4.33. The monoisotopic (exact) mass is 463 g/mol. The Labute approximate surface area is 188 Å². The van der Waals surface area contributed by atoms with Gasteiger partial charge in [0.2, 0.25) is 11.8 Å². The summed E-state index contributed by atoms with van der Waals surface area (Å²) in [5.41, 5.74) is -0.263. The number of hydrogen-bond donors (Lipinski definition) is 1. The summed E-state index contributed by atoms with van der Waals surface area (Å²) in [4.78, 5) is 30.7. The Morgan fingerprint density at radius 1 is 1.06 bits per heavy atom. The molecule has 3 rings (SSSR count). The number of hydrogen-bond acceptors (Lipinski definition) is 4. The number of unbranched alkanes of at least 4 members (excludes halogenated alkanes) is 1. The molecule has 0 saturated heterocycles. The third-order valence-corrected chi connectivity index (χ3v) is 6.04. The first kappa shape index (κ1) is 23.7. The Hall–Kier alpha value is -2.94. The lowest BCUT2D eigenvalue weighted by molar-refractivity contribution is -0.137. The first-order valence-corrected chi connectivity index (χ1v) is 11.2. The molecule has 0 bridgehead atoms. The largest absolute Gasteiger partial charge is 0.418 e. The zero-order chi connectivity index (χ0) is 23.1. The fraction of sp³-hybridized carbons (Fsp3) is 0.348. The summed E-state index contributed by atoms with van der Waals surface area (Å²) in [5.74, 6) is -0.859. The Morgan fingerprint density at radius 2 is 1.78 bits per heavy atom. The van der Waals surface area contributed by atoms with Crippen LogP contribution in [0.5, 0.6) is 0 Å². The molecule has 170 valence electrons. The van der Waals surface area contributed by atoms with Crippen molar-refractivity contribution < 1.29 is 22.8 Å². The first-order valence-electron chi connectivity index (χ1n) is 10.4. The number of rotatable bonds is 9. The van der Waals surface area contributed by atoms with Gasteiger partial charge in [0.25, 0.3) is 0 Å². The molecule has 1 N–H and O–H groups in total. The number of fused-ring (bicyclic) bond motifs is 1. The zero-order valence-corrected chi connectivity index (χ0v) is 18.4. The van der Waals surface area contributed by atoms with Crippen LogP contribution in [-0.4, -0.2) is 34.8 Å². The number of carbonyl (C=O) groups is 2. The summed E-state index contributed by atoms with van der Waals surface area (Å²) < 4.78 is 40.4. The molecule has 0 radical (unpaired) electrons. The molecule has 5 nitrogen and oxygen atoms in total. The predicted octanol–water partition coefficient (Wildman–Crippen LogP) is 5.52. The molecular weight excluding hydrogens is 439 g/mol. The average molecular weight is 464 g/mol. The number of alkyl halides is 3. The number of amides is 2. The van der Waals surface area contributed by atoms with Crippen molar-refractivity contribution in [1.29, 1.82) is 0 Å². The van der Waals surface area contributed by atoms with E-state index in [-0.39, 0.29) is 24.6 Å². The number of thiazole rings is 1. The van der Waals surface area contributed by atoms with Crippen LogP contribution in [0.4, 0.5) is 18.9 Å². The van der Waals surface area contributed by atoms with Crippen molar-refractivity contribution in [3.63, 3.8) is 0 Å². The number of carbonyl (C=O) groups excluding carboxylic acids is 2. The molecule has 3 aromatic rings. The third-order valence-electron chi connectivity index (χ3n) is 4.94. The van der Waals surface area contributed by atoms with Crippen LogP contribution >= 0.6 is 11.3 Å². The van der Waals surface area contributed by atoms with Gasteiger partial charge >= 0.3 is 6.18 Å². The number of nitrogens with one attached hydrogen (secondary N) is 1. The van der Waals surface area contributed by atoms with Crippen molar-refractivity contribution in [2.24, 2.45) is 0 Å². The number of aromatic nitrogens is 1. The number of nitrogens with zero attached hydrogens (tertiary/aromatic N) is 2. The van der Waals surface area contributed by atoms with Gasteiger partial charge in [0, 0.05) is 13.0 Å². The highest BCUT2D eigenvalue weighted by Crippen LogP contribution is 2.34. The maximum absolute atomic E-state index is 13.1. The Kier molecular flexibility index (Phi) is 7.84. The van der Waals surface area contributed by atoms with E-state index in [1.807, 2.05) is 24.3 Å². The van der Waals surface area contributed by atoms with Gasteiger partial charge < -0.3 is 10.2 Å². The van der Waals surface area contributed by atoms with E-state index in [9.17, 15) is 22.8 Å². The van der Waals surface area contributed by atoms with Crippen LogP contribution < -0.4 is 5.32 Å². The van der Waals surface area contributed by atoms with Crippen LogP contribution in [0.15, 0.2) is 48.5 Å². The van der Waals surface area contributed by atoms with E-state index in [0.29, 0.717) is 13.0 Å². The van der Waals surface area contributed by atoms with Crippen molar-refractivity contribution in [2.45, 2.75) is 38.8 Å². The van der Waals surface area contributed by atoms with Crippen LogP contribution in [-0.2, 0) is 22.2 Å². The van der Waals surface area contributed by atoms with Gasteiger partial charge in [-0.2, -0.15) is 13.2 Å². The number of para-hydroxylation sites is 2. The molecule has 0 aliphatic rings. The van der Waals surface area contributed by atoms with E-state index in [1.54, 1.807) is 18.3 Å². The van der Waals surface area contributed by atoms with Gasteiger partial charge in [-0.15, -0.1) is 11.3 Å². The summed E-state index contributed by atoms with van der Waals surface area (Å²) in [6, 6.07) is 12.7. The second-order valence-electron chi connectivity index (χ2n) is 7.28. The maximum Gasteiger partial charge on any atom is 0.418 e. The van der Waals surface area contributed by atoms with Crippen molar-refractivity contribution in [2.75, 3.05) is 18.4 Å². The number of anilines is 1. The highest BCUT2D eigenvalue weighted by Gasteiger charge is 2.33. The Morgan fingerprint density at radius 3 is 2.50 bits per heavy atom. The highest BCUT2D eigenvalue weighted by molar-refractivity contribution is 7.18. The average Bonchev–Trinajstić information content (AvgIpc) is 3.17. The molecule has 0 unspecified atom stereocenters. The fourth-order valence-electron chi connectivity index (χ4n) is 3.32. The summed E-state index contributed by atoms with van der Waals surface area (Å²) in [6.07, 6.45) is -2.11. The number of likely N-dealkylation sites (N-methyl/N-ethyl adjacent to an activating group) is 1. The van der Waals surface area contributed by atoms with Gasteiger partial charge in [-0.1, -0.05) is 24.3 Å². The molecule has 0 spiro atoms. The number of halogens is 3. The molecule has 0 aliphatic heterocycles. The predicted molar refractivity (Wildman–Crippen MR) is 120 cm³/mol. The lowest BCUT2D eigenvalue weighted by Gasteiger charge is -2.21. The summed E-state index contributed by atoms with van der Waals surface area (Å²) in [7, 11) is 0. The second kappa shape index (κ2) is 10.6. The topological polar surface area (TPSA) is 62.3 Å². The molecule has 9 heteroatoms. The van der Waals surface area contributed by atoms with Crippen LogP contribution in [0.2, 0.25) is 0 Å². The summed E-state index contributed by atoms with van der Waals surface area (Å²) in [5, 5.41) is 3.30. The summed E-state index contributed by atoms with van der Waals surface area (Å²) in [6.45, 7) is 1.74. The van der Waals surface area contributed by atoms with E-state index in [0.717, 1.165) is 34.1 Å². The van der Waals surface area contributed by atoms with Crippen LogP contribution in [0, 0.1) is 0 Å². The molecule has 0 atom stereocenters. The van der Waals surface area contributed by atoms with Crippen LogP contribution in [0.3, 0.4) is 0 Å². The van der Waals surface area contributed by atoms with Gasteiger partial charge in [-0.25, -0.2) is 4.98 Å². The third kappa shape index (κ3) is 6.29. The van der Waals surface area contributed by atoms with Gasteiger partial charge in [-0.3, -0.25) is 9.59 Å². The van der Waals surface area contributed by atoms with E-state index < -0.39 is 17.6 Å². The van der Waals surface area contributed by atoms with Crippen molar-refractivity contribution in [3.05, 3.63) is 59.1 Å². The molecule has 2 amide bonds. The molecule has 1 heterocycles. The van der Waals surface area contributed by atoms with Crippen LogP contribution in [0.1, 0.15) is 36.8 Å². The van der Waals surface area contributed by atoms with Gasteiger partial charge in [-0.05, 0) is 50.5 Å². The smallest absolute Gasteiger partial charge is 0.334 e. The zero-order valence-electron chi connectivity index (χ0n) is 17.6. The van der Waals surface area contributed by atoms with Crippen molar-refractivity contribution in [1.82, 2.24) is 9.88 Å². The van der Waals surface area contributed by atoms with E-state index in [2.05, 4.69) is 10.3 Å². The number of aryl methyl sites for hydroxylation is 1. The van der Waals surface area contributed by atoms with E-state index >= 15 is 0 Å². The SMILES string of the molecule is CCN(CC(=O)Nc1ccccc1C(F)(F)F)C(=O)CCCCc1nc2ccccc2s1. The lowest BCUT2D eigenvalue weighted by atomic mass is 10.1. The minimum atomic E-state index is -4.58. The van der Waals surface area contributed by atoms with Gasteiger partial charge in [0.05, 0.1) is 33.0 Å². The van der Waals surface area contributed by atoms with Crippen molar-refractivity contribution >= 4 is 39.1 Å². The second-order valence-corrected chi connectivity index (χ2v) is 8.40. The molecule has 1 aromatic heterocycles. The van der Waals surface area contributed by atoms with Crippen molar-refractivity contribution in [3.8, 4) is 0 Å². The summed E-state index contributed by atoms with van der Waals surface area (Å²) >= 11 is 1.64. The quantitative estimate of drug-likeness (QED) is 0.426. The highest BCUT2D eigenvalue weighted by atomic mass is 32.1. The first-order chi connectivity index (χ1) is 15.3. The van der Waals surface area contributed by atoms with E-state index in [1.165, 1.54) is 23.1 Å².